The third-order valence-electron chi connectivity index (χ3n) is 3.37. The van der Waals surface area contributed by atoms with E-state index in [0.717, 1.165) is 24.0 Å². The number of ketones is 1. The smallest absolute Gasteiger partial charge is 0.306 e. The molecule has 0 aliphatic heterocycles. The minimum atomic E-state index is -0.264. The number of aromatic nitrogens is 2. The lowest BCUT2D eigenvalue weighted by Crippen LogP contribution is -2.05. The Morgan fingerprint density at radius 3 is 2.67 bits per heavy atom. The lowest BCUT2D eigenvalue weighted by atomic mass is 9.96. The number of carbonyl (C=O) groups is 1. The summed E-state index contributed by atoms with van der Waals surface area (Å²) >= 11 is 0. The van der Waals surface area contributed by atoms with E-state index in [0.29, 0.717) is 23.0 Å². The van der Waals surface area contributed by atoms with Crippen LogP contribution in [0.4, 0.5) is 0 Å². The van der Waals surface area contributed by atoms with Crippen molar-refractivity contribution in [1.29, 1.82) is 0 Å². The molecular formula is C14H18N2O2. The summed E-state index contributed by atoms with van der Waals surface area (Å²) in [5, 5.41) is 0. The van der Waals surface area contributed by atoms with E-state index in [2.05, 4.69) is 16.9 Å². The first-order valence-electron chi connectivity index (χ1n) is 6.30. The van der Waals surface area contributed by atoms with Crippen molar-refractivity contribution < 1.29 is 4.79 Å². The van der Waals surface area contributed by atoms with Crippen LogP contribution in [0.2, 0.25) is 0 Å². The van der Waals surface area contributed by atoms with Crippen molar-refractivity contribution in [3.05, 3.63) is 33.2 Å². The molecule has 0 amide bonds. The molecule has 4 nitrogen and oxygen atoms in total. The molecule has 0 unspecified atom stereocenters. The number of unbranched alkanes of at least 4 members (excludes halogenated alkanes) is 1. The monoisotopic (exact) mass is 246 g/mol. The van der Waals surface area contributed by atoms with Gasteiger partial charge in [0.2, 0.25) is 0 Å². The minimum absolute atomic E-state index is 0.110. The molecule has 0 bridgehead atoms. The number of hydrogen-bond donors (Lipinski definition) is 2. The lowest BCUT2D eigenvalue weighted by Gasteiger charge is -2.09. The van der Waals surface area contributed by atoms with E-state index in [9.17, 15) is 9.59 Å². The summed E-state index contributed by atoms with van der Waals surface area (Å²) in [6.07, 6.45) is 2.40. The molecule has 2 aromatic rings. The third kappa shape index (κ3) is 2.10. The summed E-state index contributed by atoms with van der Waals surface area (Å²) in [6.45, 7) is 5.94. The van der Waals surface area contributed by atoms with Gasteiger partial charge in [-0.05, 0) is 37.5 Å². The van der Waals surface area contributed by atoms with Gasteiger partial charge in [0.05, 0.1) is 11.0 Å². The number of Topliss-reactive ketones (excluding diaryl/α,β-unsaturated/α-hetero) is 1. The highest BCUT2D eigenvalue weighted by atomic mass is 16.1. The molecule has 1 aromatic carbocycles. The van der Waals surface area contributed by atoms with Crippen LogP contribution in [0, 0.1) is 13.8 Å². The molecule has 4 heteroatoms. The number of rotatable bonds is 4. The molecule has 0 fully saturated rings. The maximum absolute atomic E-state index is 12.3. The van der Waals surface area contributed by atoms with Crippen molar-refractivity contribution >= 4 is 16.8 Å². The molecule has 18 heavy (non-hydrogen) atoms. The fourth-order valence-corrected chi connectivity index (χ4v) is 2.22. The predicted molar refractivity (Wildman–Crippen MR) is 72.2 cm³/mol. The van der Waals surface area contributed by atoms with Crippen molar-refractivity contribution in [1.82, 2.24) is 9.97 Å². The molecular weight excluding hydrogens is 228 g/mol. The molecule has 0 spiro atoms. The molecule has 1 aromatic heterocycles. The van der Waals surface area contributed by atoms with Crippen molar-refractivity contribution in [3.63, 3.8) is 0 Å². The van der Waals surface area contributed by atoms with Crippen LogP contribution in [0.25, 0.3) is 11.0 Å². The molecule has 2 rings (SSSR count). The molecule has 0 saturated heterocycles. The van der Waals surface area contributed by atoms with Crippen LogP contribution in [0.1, 0.15) is 47.7 Å². The number of aromatic amines is 2. The van der Waals surface area contributed by atoms with E-state index in [1.165, 1.54) is 0 Å². The fourth-order valence-electron chi connectivity index (χ4n) is 2.22. The van der Waals surface area contributed by atoms with Crippen LogP contribution in [0.5, 0.6) is 0 Å². The van der Waals surface area contributed by atoms with Crippen LogP contribution < -0.4 is 5.69 Å². The molecule has 96 valence electrons. The van der Waals surface area contributed by atoms with Crippen molar-refractivity contribution in [3.8, 4) is 0 Å². The van der Waals surface area contributed by atoms with Gasteiger partial charge in [0, 0.05) is 12.0 Å². The van der Waals surface area contributed by atoms with Gasteiger partial charge >= 0.3 is 5.69 Å². The predicted octanol–water partition coefficient (Wildman–Crippen LogP) is 2.85. The third-order valence-corrected chi connectivity index (χ3v) is 3.37. The van der Waals surface area contributed by atoms with Crippen LogP contribution >= 0.6 is 0 Å². The summed E-state index contributed by atoms with van der Waals surface area (Å²) in [7, 11) is 0. The number of imidazole rings is 1. The Kier molecular flexibility index (Phi) is 3.36. The van der Waals surface area contributed by atoms with E-state index in [1.54, 1.807) is 0 Å². The molecule has 1 heterocycles. The number of nitrogens with one attached hydrogen (secondary N) is 2. The van der Waals surface area contributed by atoms with Crippen molar-refractivity contribution in [2.75, 3.05) is 0 Å². The Bertz CT molecular complexity index is 650. The zero-order valence-electron chi connectivity index (χ0n) is 11.0. The SMILES string of the molecule is CCCCC(=O)c1c(C)c(C)cc2[nH]c(=O)[nH]c12. The number of benzene rings is 1. The van der Waals surface area contributed by atoms with E-state index in [1.807, 2.05) is 19.9 Å². The fraction of sp³-hybridized carbons (Fsp3) is 0.429. The Morgan fingerprint density at radius 2 is 2.00 bits per heavy atom. The quantitative estimate of drug-likeness (QED) is 0.815. The van der Waals surface area contributed by atoms with Gasteiger partial charge in [-0.2, -0.15) is 0 Å². The second-order valence-electron chi connectivity index (χ2n) is 4.72. The number of hydrogen-bond acceptors (Lipinski definition) is 2. The summed E-state index contributed by atoms with van der Waals surface area (Å²) in [5.74, 6) is 0.110. The summed E-state index contributed by atoms with van der Waals surface area (Å²) < 4.78 is 0. The molecule has 2 N–H and O–H groups in total. The average Bonchev–Trinajstić information content (AvgIpc) is 2.67. The molecule has 0 radical (unpaired) electrons. The van der Waals surface area contributed by atoms with Crippen molar-refractivity contribution in [2.24, 2.45) is 0 Å². The highest BCUT2D eigenvalue weighted by Crippen LogP contribution is 2.23. The first-order valence-corrected chi connectivity index (χ1v) is 6.30. The summed E-state index contributed by atoms with van der Waals surface area (Å²) in [6, 6.07) is 1.90. The maximum Gasteiger partial charge on any atom is 0.323 e. The zero-order valence-corrected chi connectivity index (χ0v) is 11.0. The standard InChI is InChI=1S/C14H18N2O2/c1-4-5-6-11(17)12-9(3)8(2)7-10-13(12)16-14(18)15-10/h7H,4-6H2,1-3H3,(H2,15,16,18). The average molecular weight is 246 g/mol. The van der Waals surface area contributed by atoms with Gasteiger partial charge in [0.25, 0.3) is 0 Å². The Balaban J connectivity index is 2.62. The van der Waals surface area contributed by atoms with Crippen LogP contribution in [0.15, 0.2) is 10.9 Å². The summed E-state index contributed by atoms with van der Waals surface area (Å²) in [5.41, 5.74) is 3.74. The minimum Gasteiger partial charge on any atom is -0.306 e. The Morgan fingerprint density at radius 1 is 1.28 bits per heavy atom. The normalized spacial score (nSPS) is 11.1. The van der Waals surface area contributed by atoms with Gasteiger partial charge in [-0.25, -0.2) is 4.79 Å². The van der Waals surface area contributed by atoms with Gasteiger partial charge in [-0.1, -0.05) is 13.3 Å². The largest absolute Gasteiger partial charge is 0.323 e. The number of fused-ring (bicyclic) bond motifs is 1. The highest BCUT2D eigenvalue weighted by molar-refractivity contribution is 6.07. The van der Waals surface area contributed by atoms with Gasteiger partial charge in [0.15, 0.2) is 5.78 Å². The maximum atomic E-state index is 12.3. The van der Waals surface area contributed by atoms with Crippen LogP contribution in [-0.2, 0) is 0 Å². The van der Waals surface area contributed by atoms with Gasteiger partial charge in [-0.3, -0.25) is 4.79 Å². The van der Waals surface area contributed by atoms with Crippen molar-refractivity contribution in [2.45, 2.75) is 40.0 Å². The number of aryl methyl sites for hydroxylation is 1. The van der Waals surface area contributed by atoms with E-state index < -0.39 is 0 Å². The van der Waals surface area contributed by atoms with E-state index in [4.69, 9.17) is 0 Å². The molecule has 0 saturated carbocycles. The zero-order chi connectivity index (χ0) is 13.3. The van der Waals surface area contributed by atoms with Gasteiger partial charge < -0.3 is 9.97 Å². The molecule has 0 aliphatic rings. The highest BCUT2D eigenvalue weighted by Gasteiger charge is 2.16. The van der Waals surface area contributed by atoms with E-state index >= 15 is 0 Å². The van der Waals surface area contributed by atoms with Gasteiger partial charge in [0.1, 0.15) is 0 Å². The number of carbonyl (C=O) groups excluding carboxylic acids is 1. The van der Waals surface area contributed by atoms with Crippen LogP contribution in [0.3, 0.4) is 0 Å². The topological polar surface area (TPSA) is 65.7 Å². The molecule has 0 atom stereocenters. The van der Waals surface area contributed by atoms with Crippen LogP contribution in [-0.4, -0.2) is 15.8 Å². The van der Waals surface area contributed by atoms with Gasteiger partial charge in [-0.15, -0.1) is 0 Å². The Hall–Kier alpha value is -1.84. The first kappa shape index (κ1) is 12.6. The Labute approximate surface area is 105 Å². The first-order chi connectivity index (χ1) is 8.54. The second-order valence-corrected chi connectivity index (χ2v) is 4.72. The second kappa shape index (κ2) is 4.80. The lowest BCUT2D eigenvalue weighted by molar-refractivity contribution is 0.0980. The molecule has 0 aliphatic carbocycles. The summed E-state index contributed by atoms with van der Waals surface area (Å²) in [4.78, 5) is 29.1. The van der Waals surface area contributed by atoms with E-state index in [-0.39, 0.29) is 11.5 Å². The number of H-pyrrole nitrogens is 2.